The number of ketones is 1. The molecule has 6 heteroatoms. The van der Waals surface area contributed by atoms with Crippen molar-refractivity contribution >= 4 is 29.1 Å². The third-order valence-electron chi connectivity index (χ3n) is 4.83. The Kier molecular flexibility index (Phi) is 6.72. The van der Waals surface area contributed by atoms with Crippen molar-refractivity contribution in [3.63, 3.8) is 0 Å². The second kappa shape index (κ2) is 10.0. The highest BCUT2D eigenvalue weighted by Crippen LogP contribution is 2.24. The van der Waals surface area contributed by atoms with Gasteiger partial charge in [0.1, 0.15) is 5.03 Å². The maximum absolute atomic E-state index is 12.2. The highest BCUT2D eigenvalue weighted by molar-refractivity contribution is 7.99. The first-order valence-corrected chi connectivity index (χ1v) is 11.1. The summed E-state index contributed by atoms with van der Waals surface area (Å²) in [5.41, 5.74) is 5.24. The van der Waals surface area contributed by atoms with Crippen LogP contribution in [0.15, 0.2) is 96.0 Å². The molecular weight excluding hydrogens is 418 g/mol. The molecule has 1 aromatic heterocycles. The molecule has 1 heterocycles. The number of thioether (sulfide) groups is 1. The van der Waals surface area contributed by atoms with Crippen LogP contribution in [0.2, 0.25) is 0 Å². The normalized spacial score (nSPS) is 10.5. The van der Waals surface area contributed by atoms with E-state index in [0.717, 1.165) is 16.8 Å². The first-order chi connectivity index (χ1) is 15.6. The maximum atomic E-state index is 12.2. The molecule has 0 radical (unpaired) electrons. The minimum Gasteiger partial charge on any atom is -0.325 e. The molecule has 32 heavy (non-hydrogen) atoms. The molecule has 0 aliphatic rings. The van der Waals surface area contributed by atoms with Crippen LogP contribution in [0.3, 0.4) is 0 Å². The topological polar surface area (TPSA) is 72.0 Å². The molecule has 0 fully saturated rings. The van der Waals surface area contributed by atoms with Gasteiger partial charge in [0, 0.05) is 16.8 Å². The standard InChI is InChI=1S/C26H21N3O2S/c1-18(30)22-8-5-9-23(16-22)27-25(31)17-32-26-15-14-24(28-29-26)21-12-10-20(11-13-21)19-6-3-2-4-7-19/h2-16H,17H2,1H3,(H,27,31). The number of amides is 1. The van der Waals surface area contributed by atoms with Crippen molar-refractivity contribution < 1.29 is 9.59 Å². The molecule has 4 aromatic rings. The third-order valence-corrected chi connectivity index (χ3v) is 5.75. The van der Waals surface area contributed by atoms with Gasteiger partial charge in [-0.15, -0.1) is 10.2 Å². The number of Topliss-reactive ketones (excluding diaryl/α,β-unsaturated/α-hetero) is 1. The second-order valence-corrected chi connectivity index (χ2v) is 8.17. The first kappa shape index (κ1) is 21.5. The second-order valence-electron chi connectivity index (χ2n) is 7.17. The van der Waals surface area contributed by atoms with Gasteiger partial charge >= 0.3 is 0 Å². The fourth-order valence-electron chi connectivity index (χ4n) is 3.17. The number of hydrogen-bond donors (Lipinski definition) is 1. The van der Waals surface area contributed by atoms with E-state index in [-0.39, 0.29) is 17.4 Å². The number of benzene rings is 3. The summed E-state index contributed by atoms with van der Waals surface area (Å²) >= 11 is 1.31. The van der Waals surface area contributed by atoms with Gasteiger partial charge < -0.3 is 5.32 Å². The van der Waals surface area contributed by atoms with Crippen molar-refractivity contribution in [1.29, 1.82) is 0 Å². The largest absolute Gasteiger partial charge is 0.325 e. The first-order valence-electron chi connectivity index (χ1n) is 10.1. The van der Waals surface area contributed by atoms with Crippen LogP contribution in [-0.4, -0.2) is 27.6 Å². The lowest BCUT2D eigenvalue weighted by molar-refractivity contribution is -0.113. The van der Waals surface area contributed by atoms with E-state index < -0.39 is 0 Å². The monoisotopic (exact) mass is 439 g/mol. The molecule has 3 aromatic carbocycles. The fourth-order valence-corrected chi connectivity index (χ4v) is 3.78. The summed E-state index contributed by atoms with van der Waals surface area (Å²) in [6, 6.07) is 29.1. The average molecular weight is 440 g/mol. The van der Waals surface area contributed by atoms with E-state index in [0.29, 0.717) is 16.3 Å². The van der Waals surface area contributed by atoms with Gasteiger partial charge in [-0.3, -0.25) is 9.59 Å². The molecule has 0 spiro atoms. The molecule has 0 atom stereocenters. The molecule has 1 N–H and O–H groups in total. The molecule has 0 unspecified atom stereocenters. The van der Waals surface area contributed by atoms with Crippen molar-refractivity contribution in [1.82, 2.24) is 10.2 Å². The summed E-state index contributed by atoms with van der Waals surface area (Å²) in [7, 11) is 0. The zero-order valence-electron chi connectivity index (χ0n) is 17.5. The quantitative estimate of drug-likeness (QED) is 0.293. The Morgan fingerprint density at radius 2 is 1.50 bits per heavy atom. The number of aromatic nitrogens is 2. The lowest BCUT2D eigenvalue weighted by atomic mass is 10.0. The van der Waals surface area contributed by atoms with E-state index in [9.17, 15) is 9.59 Å². The van der Waals surface area contributed by atoms with Crippen molar-refractivity contribution in [2.75, 3.05) is 11.1 Å². The van der Waals surface area contributed by atoms with Gasteiger partial charge in [-0.25, -0.2) is 0 Å². The van der Waals surface area contributed by atoms with E-state index in [2.05, 4.69) is 39.8 Å². The van der Waals surface area contributed by atoms with Gasteiger partial charge in [0.2, 0.25) is 5.91 Å². The Morgan fingerprint density at radius 3 is 2.19 bits per heavy atom. The number of nitrogens with one attached hydrogen (secondary N) is 1. The number of rotatable bonds is 7. The summed E-state index contributed by atoms with van der Waals surface area (Å²) < 4.78 is 0. The zero-order valence-corrected chi connectivity index (χ0v) is 18.3. The van der Waals surface area contributed by atoms with E-state index in [1.54, 1.807) is 24.3 Å². The highest BCUT2D eigenvalue weighted by Gasteiger charge is 2.08. The molecule has 0 saturated carbocycles. The molecule has 4 rings (SSSR count). The maximum Gasteiger partial charge on any atom is 0.234 e. The lowest BCUT2D eigenvalue weighted by Gasteiger charge is -2.07. The van der Waals surface area contributed by atoms with E-state index in [1.165, 1.54) is 24.2 Å². The summed E-state index contributed by atoms with van der Waals surface area (Å²) in [5.74, 6) is -0.0111. The van der Waals surface area contributed by atoms with Crippen LogP contribution >= 0.6 is 11.8 Å². The predicted molar refractivity (Wildman–Crippen MR) is 129 cm³/mol. The SMILES string of the molecule is CC(=O)c1cccc(NC(=O)CSc2ccc(-c3ccc(-c4ccccc4)cc3)nn2)c1. The molecule has 5 nitrogen and oxygen atoms in total. The van der Waals surface area contributed by atoms with Crippen molar-refractivity contribution in [3.05, 3.63) is 96.6 Å². The van der Waals surface area contributed by atoms with Crippen LogP contribution in [-0.2, 0) is 4.79 Å². The number of anilines is 1. The minimum absolute atomic E-state index is 0.0412. The van der Waals surface area contributed by atoms with Crippen LogP contribution in [0.5, 0.6) is 0 Å². The van der Waals surface area contributed by atoms with Crippen LogP contribution in [0.4, 0.5) is 5.69 Å². The van der Waals surface area contributed by atoms with E-state index in [1.807, 2.05) is 42.5 Å². The molecule has 158 valence electrons. The van der Waals surface area contributed by atoms with Gasteiger partial charge in [0.05, 0.1) is 11.4 Å². The van der Waals surface area contributed by atoms with E-state index >= 15 is 0 Å². The molecular formula is C26H21N3O2S. The number of carbonyl (C=O) groups excluding carboxylic acids is 2. The number of hydrogen-bond acceptors (Lipinski definition) is 5. The fraction of sp³-hybridized carbons (Fsp3) is 0.0769. The Morgan fingerprint density at radius 1 is 0.781 bits per heavy atom. The molecule has 0 saturated heterocycles. The van der Waals surface area contributed by atoms with Gasteiger partial charge in [0.25, 0.3) is 0 Å². The van der Waals surface area contributed by atoms with E-state index in [4.69, 9.17) is 0 Å². The van der Waals surface area contributed by atoms with Crippen LogP contribution in [0.25, 0.3) is 22.4 Å². The Balaban J connectivity index is 1.34. The number of carbonyl (C=O) groups is 2. The Hall–Kier alpha value is -3.77. The molecule has 0 bridgehead atoms. The van der Waals surface area contributed by atoms with Crippen molar-refractivity contribution in [2.24, 2.45) is 0 Å². The van der Waals surface area contributed by atoms with Gasteiger partial charge in [-0.05, 0) is 42.3 Å². The third kappa shape index (κ3) is 5.47. The Bertz CT molecular complexity index is 1220. The lowest BCUT2D eigenvalue weighted by Crippen LogP contribution is -2.14. The Labute approximate surface area is 190 Å². The van der Waals surface area contributed by atoms with Crippen LogP contribution in [0, 0.1) is 0 Å². The highest BCUT2D eigenvalue weighted by atomic mass is 32.2. The summed E-state index contributed by atoms with van der Waals surface area (Å²) in [6.07, 6.45) is 0. The van der Waals surface area contributed by atoms with Crippen LogP contribution in [0.1, 0.15) is 17.3 Å². The zero-order chi connectivity index (χ0) is 22.3. The summed E-state index contributed by atoms with van der Waals surface area (Å²) in [6.45, 7) is 1.50. The summed E-state index contributed by atoms with van der Waals surface area (Å²) in [4.78, 5) is 23.7. The van der Waals surface area contributed by atoms with Gasteiger partial charge in [0.15, 0.2) is 5.78 Å². The van der Waals surface area contributed by atoms with Crippen molar-refractivity contribution in [2.45, 2.75) is 11.9 Å². The molecule has 0 aliphatic heterocycles. The number of nitrogens with zero attached hydrogens (tertiary/aromatic N) is 2. The minimum atomic E-state index is -0.168. The smallest absolute Gasteiger partial charge is 0.234 e. The van der Waals surface area contributed by atoms with Crippen molar-refractivity contribution in [3.8, 4) is 22.4 Å². The average Bonchev–Trinajstić information content (AvgIpc) is 2.84. The molecule has 0 aliphatic carbocycles. The molecule has 1 amide bonds. The summed E-state index contributed by atoms with van der Waals surface area (Å²) in [5, 5.41) is 12.0. The van der Waals surface area contributed by atoms with Gasteiger partial charge in [-0.1, -0.05) is 78.5 Å². The van der Waals surface area contributed by atoms with Gasteiger partial charge in [-0.2, -0.15) is 0 Å². The van der Waals surface area contributed by atoms with Crippen LogP contribution < -0.4 is 5.32 Å². The predicted octanol–water partition coefficient (Wildman–Crippen LogP) is 5.74.